The monoisotopic (exact) mass is 401 g/mol. The first-order valence-electron chi connectivity index (χ1n) is 10.4. The van der Waals surface area contributed by atoms with Crippen LogP contribution in [0, 0.1) is 5.92 Å². The van der Waals surface area contributed by atoms with Gasteiger partial charge in [0.15, 0.2) is 0 Å². The number of benzene rings is 1. The van der Waals surface area contributed by atoms with E-state index < -0.39 is 0 Å². The Balaban J connectivity index is 1.88. The molecule has 0 spiro atoms. The molecule has 1 unspecified atom stereocenters. The first-order chi connectivity index (χ1) is 14.0. The van der Waals surface area contributed by atoms with Crippen molar-refractivity contribution in [2.45, 2.75) is 44.6 Å². The van der Waals surface area contributed by atoms with Crippen LogP contribution in [0.2, 0.25) is 0 Å². The predicted molar refractivity (Wildman–Crippen MR) is 110 cm³/mol. The Morgan fingerprint density at radius 1 is 1.21 bits per heavy atom. The van der Waals surface area contributed by atoms with Gasteiger partial charge in [0.25, 0.3) is 0 Å². The zero-order chi connectivity index (χ0) is 20.8. The minimum atomic E-state index is -0.364. The molecule has 1 N–H and O–H groups in total. The third-order valence-electron chi connectivity index (χ3n) is 6.01. The molecular weight excluding hydrogens is 370 g/mol. The Bertz CT molecular complexity index is 745. The van der Waals surface area contributed by atoms with Gasteiger partial charge in [0.05, 0.1) is 12.2 Å². The quantitative estimate of drug-likeness (QED) is 0.821. The maximum absolute atomic E-state index is 13.0. The molecule has 1 aromatic carbocycles. The molecule has 0 saturated heterocycles. The number of carbonyl (C=O) groups excluding carboxylic acids is 3. The highest BCUT2D eigenvalue weighted by Gasteiger charge is 2.31. The molecule has 29 heavy (non-hydrogen) atoms. The van der Waals surface area contributed by atoms with Crippen molar-refractivity contribution in [3.05, 3.63) is 29.8 Å². The van der Waals surface area contributed by atoms with Crippen LogP contribution in [-0.2, 0) is 19.1 Å². The van der Waals surface area contributed by atoms with Gasteiger partial charge in [0.1, 0.15) is 12.6 Å². The van der Waals surface area contributed by atoms with Crippen LogP contribution in [0.4, 0.5) is 5.69 Å². The summed E-state index contributed by atoms with van der Waals surface area (Å²) in [6.07, 6.45) is 4.95. The summed E-state index contributed by atoms with van der Waals surface area (Å²) in [7, 11) is 3.17. The highest BCUT2D eigenvalue weighted by atomic mass is 16.5. The van der Waals surface area contributed by atoms with Crippen LogP contribution in [0.5, 0.6) is 0 Å². The molecule has 3 rings (SSSR count). The van der Waals surface area contributed by atoms with Crippen LogP contribution in [-0.4, -0.2) is 56.4 Å². The molecule has 1 atom stereocenters. The summed E-state index contributed by atoms with van der Waals surface area (Å²) in [6, 6.07) is 7.46. The van der Waals surface area contributed by atoms with Crippen molar-refractivity contribution in [3.63, 3.8) is 0 Å². The fourth-order valence-corrected chi connectivity index (χ4v) is 4.31. The van der Waals surface area contributed by atoms with E-state index in [1.54, 1.807) is 19.1 Å². The summed E-state index contributed by atoms with van der Waals surface area (Å²) in [4.78, 5) is 41.3. The second-order valence-electron chi connectivity index (χ2n) is 7.88. The molecule has 3 amide bonds. The van der Waals surface area contributed by atoms with E-state index in [1.165, 1.54) is 17.7 Å². The lowest BCUT2D eigenvalue weighted by atomic mass is 10.0. The molecule has 1 heterocycles. The van der Waals surface area contributed by atoms with E-state index in [-0.39, 0.29) is 36.8 Å². The zero-order valence-corrected chi connectivity index (χ0v) is 17.4. The summed E-state index contributed by atoms with van der Waals surface area (Å²) in [5, 5.41) is 2.58. The van der Waals surface area contributed by atoms with Crippen molar-refractivity contribution >= 4 is 23.4 Å². The Hall–Kier alpha value is -2.41. The van der Waals surface area contributed by atoms with E-state index in [0.29, 0.717) is 31.1 Å². The average molecular weight is 402 g/mol. The number of carbonyl (C=O) groups is 3. The zero-order valence-electron chi connectivity index (χ0n) is 17.4. The van der Waals surface area contributed by atoms with Crippen LogP contribution in [0.1, 0.15) is 50.2 Å². The number of nitrogens with zero attached hydrogens (tertiary/aromatic N) is 2. The van der Waals surface area contributed by atoms with Gasteiger partial charge >= 0.3 is 0 Å². The third-order valence-corrected chi connectivity index (χ3v) is 6.01. The fraction of sp³-hybridized carbons (Fsp3) is 0.591. The minimum absolute atomic E-state index is 0.0567. The van der Waals surface area contributed by atoms with E-state index in [0.717, 1.165) is 18.4 Å². The molecule has 1 aromatic rings. The largest absolute Gasteiger partial charge is 0.375 e. The van der Waals surface area contributed by atoms with Gasteiger partial charge in [-0.25, -0.2) is 0 Å². The predicted octanol–water partition coefficient (Wildman–Crippen LogP) is 2.27. The molecule has 158 valence electrons. The maximum Gasteiger partial charge on any atom is 0.239 e. The maximum atomic E-state index is 13.0. The number of ether oxygens (including phenoxy) is 1. The van der Waals surface area contributed by atoms with Crippen molar-refractivity contribution in [2.24, 2.45) is 5.92 Å². The van der Waals surface area contributed by atoms with Crippen molar-refractivity contribution in [1.29, 1.82) is 0 Å². The minimum Gasteiger partial charge on any atom is -0.375 e. The average Bonchev–Trinajstić information content (AvgIpc) is 3.25. The molecule has 1 aliphatic heterocycles. The van der Waals surface area contributed by atoms with Crippen molar-refractivity contribution in [2.75, 3.05) is 38.7 Å². The van der Waals surface area contributed by atoms with Gasteiger partial charge in [0.2, 0.25) is 17.7 Å². The van der Waals surface area contributed by atoms with Gasteiger partial charge in [-0.2, -0.15) is 0 Å². The first kappa shape index (κ1) is 21.3. The lowest BCUT2D eigenvalue weighted by Gasteiger charge is -2.28. The number of amides is 3. The van der Waals surface area contributed by atoms with Crippen molar-refractivity contribution in [1.82, 2.24) is 10.2 Å². The van der Waals surface area contributed by atoms with Crippen molar-refractivity contribution < 1.29 is 19.1 Å². The molecule has 0 aromatic heterocycles. The number of hydrogen-bond donors (Lipinski definition) is 1. The number of rotatable bonds is 5. The highest BCUT2D eigenvalue weighted by molar-refractivity contribution is 5.99. The lowest BCUT2D eigenvalue weighted by Crippen LogP contribution is -2.41. The van der Waals surface area contributed by atoms with E-state index in [9.17, 15) is 14.4 Å². The van der Waals surface area contributed by atoms with Crippen LogP contribution in [0.25, 0.3) is 0 Å². The SMILES string of the molecule is CNC(=O)CN1C(=O)CCN(C(=O)CC2CCCC2)CC(OC)c2ccccc21. The molecule has 1 saturated carbocycles. The second-order valence-corrected chi connectivity index (χ2v) is 7.88. The third kappa shape index (κ3) is 5.15. The van der Waals surface area contributed by atoms with Gasteiger partial charge in [-0.1, -0.05) is 31.0 Å². The van der Waals surface area contributed by atoms with Gasteiger partial charge in [-0.3, -0.25) is 14.4 Å². The van der Waals surface area contributed by atoms with Gasteiger partial charge < -0.3 is 19.9 Å². The normalized spacial score (nSPS) is 20.6. The molecule has 0 radical (unpaired) electrons. The van der Waals surface area contributed by atoms with Crippen LogP contribution >= 0.6 is 0 Å². The number of para-hydroxylation sites is 1. The van der Waals surface area contributed by atoms with E-state index in [2.05, 4.69) is 5.32 Å². The van der Waals surface area contributed by atoms with Crippen molar-refractivity contribution in [3.8, 4) is 0 Å². The van der Waals surface area contributed by atoms with Gasteiger partial charge in [-0.05, 0) is 24.8 Å². The molecule has 7 nitrogen and oxygen atoms in total. The highest BCUT2D eigenvalue weighted by Crippen LogP contribution is 2.32. The van der Waals surface area contributed by atoms with E-state index in [4.69, 9.17) is 4.74 Å². The standard InChI is InChI=1S/C22H31N3O4/c1-23-20(26)15-25-18-10-6-5-9-17(18)19(29-2)14-24(12-11-21(25)27)22(28)13-16-7-3-4-8-16/h5-6,9-10,16,19H,3-4,7-8,11-15H2,1-2H3,(H,23,26). The topological polar surface area (TPSA) is 79.0 Å². The number of hydrogen-bond acceptors (Lipinski definition) is 4. The van der Waals surface area contributed by atoms with Gasteiger partial charge in [-0.15, -0.1) is 0 Å². The summed E-state index contributed by atoms with van der Waals surface area (Å²) >= 11 is 0. The number of fused-ring (bicyclic) bond motifs is 1. The Morgan fingerprint density at radius 2 is 1.93 bits per heavy atom. The number of methoxy groups -OCH3 is 1. The summed E-state index contributed by atoms with van der Waals surface area (Å²) in [5.41, 5.74) is 1.48. The van der Waals surface area contributed by atoms with Crippen LogP contribution in [0.3, 0.4) is 0 Å². The van der Waals surface area contributed by atoms with Gasteiger partial charge in [0, 0.05) is 39.1 Å². The molecular formula is C22H31N3O4. The fourth-order valence-electron chi connectivity index (χ4n) is 4.31. The number of likely N-dealkylation sites (N-methyl/N-ethyl adjacent to an activating group) is 1. The molecule has 2 aliphatic rings. The van der Waals surface area contributed by atoms with Crippen LogP contribution in [0.15, 0.2) is 24.3 Å². The Kier molecular flexibility index (Phi) is 7.25. The Labute approximate surface area is 172 Å². The number of anilines is 1. The Morgan fingerprint density at radius 3 is 2.62 bits per heavy atom. The number of nitrogens with one attached hydrogen (secondary N) is 1. The van der Waals surface area contributed by atoms with Crippen LogP contribution < -0.4 is 10.2 Å². The lowest BCUT2D eigenvalue weighted by molar-refractivity contribution is -0.134. The first-order valence-corrected chi connectivity index (χ1v) is 10.4. The molecule has 1 aliphatic carbocycles. The molecule has 7 heteroatoms. The molecule has 0 bridgehead atoms. The summed E-state index contributed by atoms with van der Waals surface area (Å²) in [6.45, 7) is 0.682. The summed E-state index contributed by atoms with van der Waals surface area (Å²) in [5.74, 6) is 0.125. The summed E-state index contributed by atoms with van der Waals surface area (Å²) < 4.78 is 5.74. The van der Waals surface area contributed by atoms with E-state index >= 15 is 0 Å². The second kappa shape index (κ2) is 9.87. The van der Waals surface area contributed by atoms with E-state index in [1.807, 2.05) is 24.3 Å². The smallest absolute Gasteiger partial charge is 0.239 e. The molecule has 1 fully saturated rings.